The molecule has 4 rings (SSSR count). The van der Waals surface area contributed by atoms with Gasteiger partial charge < -0.3 is 14.6 Å². The zero-order valence-electron chi connectivity index (χ0n) is 15.0. The molecular weight excluding hydrogens is 370 g/mol. The van der Waals surface area contributed by atoms with Crippen LogP contribution in [0.5, 0.6) is 0 Å². The van der Waals surface area contributed by atoms with E-state index in [1.54, 1.807) is 13.0 Å². The first-order chi connectivity index (χ1) is 13.1. The molecule has 2 aromatic heterocycles. The number of fused-ring (bicyclic) bond motifs is 1. The third-order valence-electron chi connectivity index (χ3n) is 4.53. The lowest BCUT2D eigenvalue weighted by Crippen LogP contribution is -2.36. The van der Waals surface area contributed by atoms with E-state index in [9.17, 15) is 9.59 Å². The number of nitrogens with one attached hydrogen (secondary N) is 2. The smallest absolute Gasteiger partial charge is 0.255 e. The Balaban J connectivity index is 1.32. The summed E-state index contributed by atoms with van der Waals surface area (Å²) in [6.45, 7) is 4.04. The summed E-state index contributed by atoms with van der Waals surface area (Å²) in [7, 11) is 0. The van der Waals surface area contributed by atoms with Crippen molar-refractivity contribution in [1.29, 1.82) is 0 Å². The van der Waals surface area contributed by atoms with Crippen LogP contribution in [0, 0.1) is 6.92 Å². The Morgan fingerprint density at radius 2 is 2.30 bits per heavy atom. The minimum atomic E-state index is -0.369. The van der Waals surface area contributed by atoms with Crippen LogP contribution in [0.3, 0.4) is 0 Å². The van der Waals surface area contributed by atoms with Gasteiger partial charge in [0.2, 0.25) is 5.91 Å². The van der Waals surface area contributed by atoms with Crippen molar-refractivity contribution < 1.29 is 18.8 Å². The van der Waals surface area contributed by atoms with Crippen LogP contribution in [0.4, 0.5) is 10.9 Å². The summed E-state index contributed by atoms with van der Waals surface area (Å²) in [6, 6.07) is 1.68. The van der Waals surface area contributed by atoms with Gasteiger partial charge in [0, 0.05) is 37.1 Å². The topological polar surface area (TPSA) is 110 Å². The van der Waals surface area contributed by atoms with Crippen LogP contribution in [-0.4, -0.2) is 52.7 Å². The first-order valence-electron chi connectivity index (χ1n) is 8.93. The number of carbonyl (C=O) groups excluding carboxylic acids is 2. The van der Waals surface area contributed by atoms with Gasteiger partial charge in [0.05, 0.1) is 12.2 Å². The van der Waals surface area contributed by atoms with Crippen LogP contribution in [0.1, 0.15) is 29.2 Å². The molecule has 2 amide bonds. The third-order valence-corrected chi connectivity index (χ3v) is 5.52. The molecule has 0 aliphatic carbocycles. The summed E-state index contributed by atoms with van der Waals surface area (Å²) >= 11 is 1.46. The van der Waals surface area contributed by atoms with E-state index in [1.165, 1.54) is 11.3 Å². The summed E-state index contributed by atoms with van der Waals surface area (Å²) in [6.07, 6.45) is 2.05. The summed E-state index contributed by atoms with van der Waals surface area (Å²) in [4.78, 5) is 32.0. The summed E-state index contributed by atoms with van der Waals surface area (Å²) in [5, 5.41) is 9.95. The number of anilines is 2. The Kier molecular flexibility index (Phi) is 5.19. The predicted octanol–water partition coefficient (Wildman–Crippen LogP) is 1.55. The summed E-state index contributed by atoms with van der Waals surface area (Å²) < 4.78 is 10.3. The average molecular weight is 391 g/mol. The number of hydrogen-bond acceptors (Lipinski definition) is 8. The molecule has 4 heterocycles. The molecule has 1 unspecified atom stereocenters. The van der Waals surface area contributed by atoms with Gasteiger partial charge in [-0.15, -0.1) is 11.3 Å². The summed E-state index contributed by atoms with van der Waals surface area (Å²) in [5.41, 5.74) is 0.992. The maximum absolute atomic E-state index is 12.2. The van der Waals surface area contributed by atoms with Gasteiger partial charge in [-0.2, -0.15) is 0 Å². The lowest BCUT2D eigenvalue weighted by atomic mass is 10.2. The Morgan fingerprint density at radius 3 is 3.04 bits per heavy atom. The summed E-state index contributed by atoms with van der Waals surface area (Å²) in [5.74, 6) is 0.809. The molecule has 0 aromatic carbocycles. The van der Waals surface area contributed by atoms with E-state index < -0.39 is 0 Å². The maximum Gasteiger partial charge on any atom is 0.255 e. The van der Waals surface area contributed by atoms with E-state index in [1.807, 2.05) is 0 Å². The number of carbonyl (C=O) groups is 2. The molecule has 1 fully saturated rings. The van der Waals surface area contributed by atoms with Crippen molar-refractivity contribution in [3.05, 3.63) is 22.4 Å². The first-order valence-corrected chi connectivity index (χ1v) is 9.75. The lowest BCUT2D eigenvalue weighted by molar-refractivity contribution is -0.124. The van der Waals surface area contributed by atoms with Gasteiger partial charge in [-0.3, -0.25) is 19.8 Å². The second-order valence-electron chi connectivity index (χ2n) is 6.71. The molecule has 10 heteroatoms. The number of aryl methyl sites for hydroxylation is 1. The fourth-order valence-corrected chi connectivity index (χ4v) is 4.27. The number of amides is 2. The zero-order chi connectivity index (χ0) is 18.8. The average Bonchev–Trinajstić information content (AvgIpc) is 3.35. The van der Waals surface area contributed by atoms with Crippen LogP contribution in [0.15, 0.2) is 10.6 Å². The Labute approximate surface area is 160 Å². The standard InChI is InChI=1S/C17H21N5O4S/c1-10-7-14(21-26-10)19-15(23)9-22-5-4-11-13(8-22)27-17(18-11)20-16(24)12-3-2-6-25-12/h7,12H,2-6,8-9H2,1H3,(H,18,20,24)(H,19,21,23). The molecule has 0 radical (unpaired) electrons. The third kappa shape index (κ3) is 4.34. The van der Waals surface area contributed by atoms with Crippen molar-refractivity contribution in [1.82, 2.24) is 15.0 Å². The highest BCUT2D eigenvalue weighted by Gasteiger charge is 2.26. The molecule has 0 spiro atoms. The van der Waals surface area contributed by atoms with Crippen molar-refractivity contribution in [3.8, 4) is 0 Å². The van der Waals surface area contributed by atoms with E-state index in [4.69, 9.17) is 9.26 Å². The molecular formula is C17H21N5O4S. The quantitative estimate of drug-likeness (QED) is 0.796. The molecule has 0 saturated carbocycles. The van der Waals surface area contributed by atoms with Crippen LogP contribution in [0.25, 0.3) is 0 Å². The van der Waals surface area contributed by atoms with Crippen LogP contribution >= 0.6 is 11.3 Å². The Hall–Kier alpha value is -2.30. The monoisotopic (exact) mass is 391 g/mol. The second kappa shape index (κ2) is 7.75. The number of nitrogens with zero attached hydrogens (tertiary/aromatic N) is 3. The predicted molar refractivity (Wildman–Crippen MR) is 98.6 cm³/mol. The highest BCUT2D eigenvalue weighted by Crippen LogP contribution is 2.29. The van der Waals surface area contributed by atoms with Gasteiger partial charge in [0.1, 0.15) is 11.9 Å². The van der Waals surface area contributed by atoms with Crippen LogP contribution in [0.2, 0.25) is 0 Å². The Morgan fingerprint density at radius 1 is 1.41 bits per heavy atom. The molecule has 1 atom stereocenters. The number of aromatic nitrogens is 2. The molecule has 2 aliphatic heterocycles. The highest BCUT2D eigenvalue weighted by atomic mass is 32.1. The lowest BCUT2D eigenvalue weighted by Gasteiger charge is -2.24. The molecule has 9 nitrogen and oxygen atoms in total. The second-order valence-corrected chi connectivity index (χ2v) is 7.80. The number of thiazole rings is 1. The molecule has 0 bridgehead atoms. The van der Waals surface area contributed by atoms with Gasteiger partial charge in [-0.1, -0.05) is 5.16 Å². The SMILES string of the molecule is Cc1cc(NC(=O)CN2CCc3nc(NC(=O)C4CCCO4)sc3C2)no1. The molecule has 1 saturated heterocycles. The van der Waals surface area contributed by atoms with Crippen molar-refractivity contribution in [3.63, 3.8) is 0 Å². The van der Waals surface area contributed by atoms with Gasteiger partial charge in [0.25, 0.3) is 5.91 Å². The number of hydrogen-bond donors (Lipinski definition) is 2. The zero-order valence-corrected chi connectivity index (χ0v) is 15.8. The molecule has 27 heavy (non-hydrogen) atoms. The fourth-order valence-electron chi connectivity index (χ4n) is 3.22. The maximum atomic E-state index is 12.2. The first kappa shape index (κ1) is 18.1. The fraction of sp³-hybridized carbons (Fsp3) is 0.529. The highest BCUT2D eigenvalue weighted by molar-refractivity contribution is 7.15. The minimum absolute atomic E-state index is 0.127. The van der Waals surface area contributed by atoms with E-state index in [0.29, 0.717) is 29.9 Å². The number of ether oxygens (including phenoxy) is 1. The molecule has 2 aromatic rings. The van der Waals surface area contributed by atoms with Gasteiger partial charge in [-0.05, 0) is 19.8 Å². The van der Waals surface area contributed by atoms with E-state index >= 15 is 0 Å². The van der Waals surface area contributed by atoms with Gasteiger partial charge in [-0.25, -0.2) is 4.98 Å². The van der Waals surface area contributed by atoms with Gasteiger partial charge >= 0.3 is 0 Å². The van der Waals surface area contributed by atoms with E-state index in [0.717, 1.165) is 36.4 Å². The number of rotatable bonds is 5. The minimum Gasteiger partial charge on any atom is -0.368 e. The van der Waals surface area contributed by atoms with Crippen molar-refractivity contribution >= 4 is 34.1 Å². The van der Waals surface area contributed by atoms with Crippen LogP contribution in [-0.2, 0) is 27.3 Å². The molecule has 144 valence electrons. The van der Waals surface area contributed by atoms with Crippen molar-refractivity contribution in [2.45, 2.75) is 38.8 Å². The van der Waals surface area contributed by atoms with Crippen molar-refractivity contribution in [2.75, 3.05) is 30.3 Å². The normalized spacial score (nSPS) is 19.7. The Bertz CT molecular complexity index is 842. The molecule has 2 N–H and O–H groups in total. The largest absolute Gasteiger partial charge is 0.368 e. The van der Waals surface area contributed by atoms with E-state index in [2.05, 4.69) is 25.7 Å². The molecule has 2 aliphatic rings. The van der Waals surface area contributed by atoms with Gasteiger partial charge in [0.15, 0.2) is 10.9 Å². The van der Waals surface area contributed by atoms with Crippen molar-refractivity contribution in [2.24, 2.45) is 0 Å². The van der Waals surface area contributed by atoms with E-state index in [-0.39, 0.29) is 24.5 Å². The van der Waals surface area contributed by atoms with Crippen LogP contribution < -0.4 is 10.6 Å².